The lowest BCUT2D eigenvalue weighted by atomic mass is 10.2. The van der Waals surface area contributed by atoms with Crippen molar-refractivity contribution in [3.63, 3.8) is 0 Å². The standard InChI is InChI=1S/C14H22N4O3/c1-10(15-12(19)7-5-8-13(20)21)14-17-16-11-6-3-2-4-9-18(11)14/h10H,2-9H2,1H3,(H,15,19)(H,20,21). The van der Waals surface area contributed by atoms with Crippen molar-refractivity contribution in [3.05, 3.63) is 11.6 Å². The van der Waals surface area contributed by atoms with Gasteiger partial charge in [-0.15, -0.1) is 10.2 Å². The maximum Gasteiger partial charge on any atom is 0.303 e. The van der Waals surface area contributed by atoms with E-state index in [1.54, 1.807) is 0 Å². The number of aliphatic carboxylic acids is 1. The molecule has 0 saturated carbocycles. The van der Waals surface area contributed by atoms with E-state index in [2.05, 4.69) is 20.1 Å². The Kier molecular flexibility index (Phi) is 5.30. The molecule has 0 aliphatic carbocycles. The molecule has 0 bridgehead atoms. The van der Waals surface area contributed by atoms with Crippen LogP contribution in [-0.2, 0) is 22.6 Å². The van der Waals surface area contributed by atoms with Gasteiger partial charge < -0.3 is 15.0 Å². The number of carboxylic acid groups (broad SMARTS) is 1. The van der Waals surface area contributed by atoms with Crippen molar-refractivity contribution in [1.29, 1.82) is 0 Å². The third-order valence-corrected chi connectivity index (χ3v) is 3.70. The van der Waals surface area contributed by atoms with Crippen LogP contribution >= 0.6 is 0 Å². The first-order valence-electron chi connectivity index (χ1n) is 7.51. The highest BCUT2D eigenvalue weighted by Gasteiger charge is 2.20. The van der Waals surface area contributed by atoms with Crippen LogP contribution in [0.15, 0.2) is 0 Å². The van der Waals surface area contributed by atoms with E-state index in [0.717, 1.165) is 37.5 Å². The lowest BCUT2D eigenvalue weighted by molar-refractivity contribution is -0.137. The van der Waals surface area contributed by atoms with E-state index in [0.29, 0.717) is 6.42 Å². The summed E-state index contributed by atoms with van der Waals surface area (Å²) in [6, 6.07) is -0.207. The van der Waals surface area contributed by atoms with Crippen molar-refractivity contribution >= 4 is 11.9 Å². The Labute approximate surface area is 123 Å². The summed E-state index contributed by atoms with van der Waals surface area (Å²) in [4.78, 5) is 22.2. The second kappa shape index (κ2) is 7.19. The number of rotatable bonds is 6. The van der Waals surface area contributed by atoms with Gasteiger partial charge >= 0.3 is 5.97 Å². The summed E-state index contributed by atoms with van der Waals surface area (Å²) in [5.74, 6) is 0.765. The zero-order valence-electron chi connectivity index (χ0n) is 12.3. The Morgan fingerprint density at radius 2 is 2.10 bits per heavy atom. The monoisotopic (exact) mass is 294 g/mol. The first-order valence-corrected chi connectivity index (χ1v) is 7.51. The maximum atomic E-state index is 11.8. The van der Waals surface area contributed by atoms with Gasteiger partial charge in [-0.25, -0.2) is 0 Å². The van der Waals surface area contributed by atoms with Gasteiger partial charge in [0.05, 0.1) is 6.04 Å². The molecule has 0 fully saturated rings. The Morgan fingerprint density at radius 1 is 1.29 bits per heavy atom. The van der Waals surface area contributed by atoms with Crippen LogP contribution in [0.4, 0.5) is 0 Å². The molecule has 0 radical (unpaired) electrons. The molecule has 1 aromatic heterocycles. The van der Waals surface area contributed by atoms with Crippen molar-refractivity contribution in [2.75, 3.05) is 0 Å². The first kappa shape index (κ1) is 15.5. The molecule has 1 aliphatic rings. The van der Waals surface area contributed by atoms with E-state index in [9.17, 15) is 9.59 Å². The fraction of sp³-hybridized carbons (Fsp3) is 0.714. The van der Waals surface area contributed by atoms with Gasteiger partial charge in [0, 0.05) is 25.8 Å². The number of carbonyl (C=O) groups excluding carboxylic acids is 1. The zero-order chi connectivity index (χ0) is 15.2. The largest absolute Gasteiger partial charge is 0.481 e. The van der Waals surface area contributed by atoms with Crippen molar-refractivity contribution in [2.24, 2.45) is 0 Å². The van der Waals surface area contributed by atoms with Crippen LogP contribution in [0.3, 0.4) is 0 Å². The second-order valence-corrected chi connectivity index (χ2v) is 5.47. The lowest BCUT2D eigenvalue weighted by Crippen LogP contribution is -2.28. The molecule has 1 atom stereocenters. The minimum absolute atomic E-state index is 0.0160. The molecule has 7 nitrogen and oxygen atoms in total. The summed E-state index contributed by atoms with van der Waals surface area (Å²) in [6.07, 6.45) is 4.96. The number of nitrogens with one attached hydrogen (secondary N) is 1. The lowest BCUT2D eigenvalue weighted by Gasteiger charge is -2.15. The molecule has 1 aliphatic heterocycles. The molecule has 21 heavy (non-hydrogen) atoms. The number of hydrogen-bond donors (Lipinski definition) is 2. The topological polar surface area (TPSA) is 97.1 Å². The first-order chi connectivity index (χ1) is 10.1. The summed E-state index contributed by atoms with van der Waals surface area (Å²) >= 11 is 0. The normalized spacial score (nSPS) is 15.9. The molecule has 1 amide bonds. The molecule has 1 aromatic rings. The van der Waals surface area contributed by atoms with Crippen molar-refractivity contribution in [3.8, 4) is 0 Å². The fourth-order valence-corrected chi connectivity index (χ4v) is 2.61. The number of fused-ring (bicyclic) bond motifs is 1. The highest BCUT2D eigenvalue weighted by Crippen LogP contribution is 2.18. The van der Waals surface area contributed by atoms with Gasteiger partial charge in [-0.2, -0.15) is 0 Å². The number of nitrogens with zero attached hydrogens (tertiary/aromatic N) is 3. The molecule has 1 unspecified atom stereocenters. The predicted molar refractivity (Wildman–Crippen MR) is 75.6 cm³/mol. The Hall–Kier alpha value is -1.92. The van der Waals surface area contributed by atoms with E-state index < -0.39 is 5.97 Å². The van der Waals surface area contributed by atoms with Crippen LogP contribution in [-0.4, -0.2) is 31.7 Å². The quantitative estimate of drug-likeness (QED) is 0.827. The number of hydrogen-bond acceptors (Lipinski definition) is 4. The van der Waals surface area contributed by atoms with Gasteiger partial charge in [0.15, 0.2) is 5.82 Å². The number of aryl methyl sites for hydroxylation is 1. The second-order valence-electron chi connectivity index (χ2n) is 5.47. The van der Waals surface area contributed by atoms with Crippen LogP contribution in [0.2, 0.25) is 0 Å². The highest BCUT2D eigenvalue weighted by molar-refractivity contribution is 5.77. The maximum absolute atomic E-state index is 11.8. The van der Waals surface area contributed by atoms with Crippen molar-refractivity contribution in [1.82, 2.24) is 20.1 Å². The molecule has 116 valence electrons. The van der Waals surface area contributed by atoms with E-state index in [4.69, 9.17) is 5.11 Å². The summed E-state index contributed by atoms with van der Waals surface area (Å²) in [7, 11) is 0. The highest BCUT2D eigenvalue weighted by atomic mass is 16.4. The molecule has 2 rings (SSSR count). The van der Waals surface area contributed by atoms with Gasteiger partial charge in [-0.05, 0) is 26.2 Å². The third kappa shape index (κ3) is 4.27. The van der Waals surface area contributed by atoms with Crippen molar-refractivity contribution in [2.45, 2.75) is 64.5 Å². The summed E-state index contributed by atoms with van der Waals surface area (Å²) in [6.45, 7) is 2.79. The average Bonchev–Trinajstić information content (AvgIpc) is 2.67. The van der Waals surface area contributed by atoms with Gasteiger partial charge in [-0.1, -0.05) is 6.42 Å². The fourth-order valence-electron chi connectivity index (χ4n) is 2.61. The van der Waals surface area contributed by atoms with Gasteiger partial charge in [-0.3, -0.25) is 9.59 Å². The summed E-state index contributed by atoms with van der Waals surface area (Å²) in [5.41, 5.74) is 0. The SMILES string of the molecule is CC(NC(=O)CCCC(=O)O)c1nnc2n1CCCCC2. The summed E-state index contributed by atoms with van der Waals surface area (Å²) < 4.78 is 2.11. The van der Waals surface area contributed by atoms with Gasteiger partial charge in [0.2, 0.25) is 5.91 Å². The minimum atomic E-state index is -0.876. The Bertz CT molecular complexity index is 512. The molecule has 0 saturated heterocycles. The molecule has 0 spiro atoms. The smallest absolute Gasteiger partial charge is 0.303 e. The van der Waals surface area contributed by atoms with E-state index in [1.165, 1.54) is 6.42 Å². The van der Waals surface area contributed by atoms with Gasteiger partial charge in [0.25, 0.3) is 0 Å². The predicted octanol–water partition coefficient (Wildman–Crippen LogP) is 1.44. The molecule has 7 heteroatoms. The number of aromatic nitrogens is 3. The number of carbonyl (C=O) groups is 2. The molecule has 0 aromatic carbocycles. The Morgan fingerprint density at radius 3 is 2.86 bits per heavy atom. The van der Waals surface area contributed by atoms with Crippen LogP contribution in [0.1, 0.15) is 63.1 Å². The van der Waals surface area contributed by atoms with Crippen LogP contribution < -0.4 is 5.32 Å². The number of amides is 1. The third-order valence-electron chi connectivity index (χ3n) is 3.70. The average molecular weight is 294 g/mol. The van der Waals surface area contributed by atoms with E-state index in [-0.39, 0.29) is 24.8 Å². The molecule has 2 N–H and O–H groups in total. The van der Waals surface area contributed by atoms with Crippen LogP contribution in [0.5, 0.6) is 0 Å². The van der Waals surface area contributed by atoms with Crippen molar-refractivity contribution < 1.29 is 14.7 Å². The molecule has 2 heterocycles. The van der Waals surface area contributed by atoms with E-state index in [1.807, 2.05) is 6.92 Å². The number of carboxylic acids is 1. The van der Waals surface area contributed by atoms with E-state index >= 15 is 0 Å². The van der Waals surface area contributed by atoms with Crippen LogP contribution in [0, 0.1) is 0 Å². The molecular weight excluding hydrogens is 272 g/mol. The van der Waals surface area contributed by atoms with Gasteiger partial charge in [0.1, 0.15) is 5.82 Å². The summed E-state index contributed by atoms with van der Waals surface area (Å²) in [5, 5.41) is 19.9. The Balaban J connectivity index is 1.91. The van der Waals surface area contributed by atoms with Crippen LogP contribution in [0.25, 0.3) is 0 Å². The molecular formula is C14H22N4O3. The minimum Gasteiger partial charge on any atom is -0.481 e. The zero-order valence-corrected chi connectivity index (χ0v) is 12.3.